The van der Waals surface area contributed by atoms with Crippen molar-refractivity contribution >= 4 is 15.7 Å². The van der Waals surface area contributed by atoms with Crippen molar-refractivity contribution in [2.24, 2.45) is 13.0 Å². The normalized spacial score (nSPS) is 21.9. The Balaban J connectivity index is 1.76. The minimum absolute atomic E-state index is 0.0242. The lowest BCUT2D eigenvalue weighted by atomic mass is 10.1. The molecule has 0 spiro atoms. The first kappa shape index (κ1) is 13.1. The van der Waals surface area contributed by atoms with E-state index in [1.165, 1.54) is 0 Å². The summed E-state index contributed by atoms with van der Waals surface area (Å²) in [5.41, 5.74) is 0.935. The maximum absolute atomic E-state index is 11.7. The van der Waals surface area contributed by atoms with Gasteiger partial charge in [0.1, 0.15) is 0 Å². The fraction of sp³-hybridized carbons (Fsp3) is 0.636. The number of carbonyl (C=O) groups excluding carboxylic acids is 1. The van der Waals surface area contributed by atoms with Crippen molar-refractivity contribution in [3.05, 3.63) is 18.0 Å². The third-order valence-corrected chi connectivity index (χ3v) is 4.89. The summed E-state index contributed by atoms with van der Waals surface area (Å²) in [5, 5.41) is 6.78. The molecule has 2 heterocycles. The molecule has 1 aliphatic heterocycles. The summed E-state index contributed by atoms with van der Waals surface area (Å²) < 4.78 is 24.2. The number of rotatable bonds is 4. The fourth-order valence-corrected chi connectivity index (χ4v) is 3.99. The molecule has 0 bridgehead atoms. The predicted octanol–water partition coefficient (Wildman–Crippen LogP) is -0.139. The van der Waals surface area contributed by atoms with Gasteiger partial charge >= 0.3 is 0 Å². The summed E-state index contributed by atoms with van der Waals surface area (Å²) in [7, 11) is -1.08. The Morgan fingerprint density at radius 2 is 2.39 bits per heavy atom. The molecule has 1 aromatic rings. The summed E-state index contributed by atoms with van der Waals surface area (Å²) in [5.74, 6) is 0.241. The molecule has 100 valence electrons. The molecular formula is C11H17N3O3S. The Kier molecular flexibility index (Phi) is 3.70. The van der Waals surface area contributed by atoms with E-state index in [-0.39, 0.29) is 23.3 Å². The van der Waals surface area contributed by atoms with Gasteiger partial charge in [0.05, 0.1) is 17.7 Å². The third-order valence-electron chi connectivity index (χ3n) is 3.05. The van der Waals surface area contributed by atoms with Crippen LogP contribution in [0.3, 0.4) is 0 Å². The van der Waals surface area contributed by atoms with E-state index in [4.69, 9.17) is 0 Å². The predicted molar refractivity (Wildman–Crippen MR) is 66.4 cm³/mol. The molecule has 7 heteroatoms. The Hall–Kier alpha value is -1.37. The van der Waals surface area contributed by atoms with E-state index >= 15 is 0 Å². The molecular weight excluding hydrogens is 254 g/mol. The van der Waals surface area contributed by atoms with E-state index in [1.54, 1.807) is 10.9 Å². The van der Waals surface area contributed by atoms with E-state index in [9.17, 15) is 13.2 Å². The van der Waals surface area contributed by atoms with Crippen molar-refractivity contribution < 1.29 is 13.2 Å². The number of hydrogen-bond acceptors (Lipinski definition) is 4. The van der Waals surface area contributed by atoms with Crippen molar-refractivity contribution in [3.8, 4) is 0 Å². The molecule has 1 amide bonds. The van der Waals surface area contributed by atoms with Crippen LogP contribution < -0.4 is 5.32 Å². The highest BCUT2D eigenvalue weighted by Crippen LogP contribution is 2.21. The molecule has 1 N–H and O–H groups in total. The van der Waals surface area contributed by atoms with Crippen molar-refractivity contribution in [1.29, 1.82) is 0 Å². The molecule has 1 aliphatic rings. The number of nitrogens with zero attached hydrogens (tertiary/aromatic N) is 2. The lowest BCUT2D eigenvalue weighted by molar-refractivity contribution is -0.122. The van der Waals surface area contributed by atoms with Gasteiger partial charge in [0.2, 0.25) is 5.91 Å². The molecule has 0 saturated carbocycles. The smallest absolute Gasteiger partial charge is 0.220 e. The quantitative estimate of drug-likeness (QED) is 0.826. The Morgan fingerprint density at radius 3 is 2.94 bits per heavy atom. The summed E-state index contributed by atoms with van der Waals surface area (Å²) in [4.78, 5) is 11.7. The minimum atomic E-state index is -2.90. The second-order valence-corrected chi connectivity index (χ2v) is 7.00. The topological polar surface area (TPSA) is 81.1 Å². The largest absolute Gasteiger partial charge is 0.352 e. The zero-order chi connectivity index (χ0) is 13.2. The maximum atomic E-state index is 11.7. The lowest BCUT2D eigenvalue weighted by Crippen LogP contribution is -2.25. The lowest BCUT2D eigenvalue weighted by Gasteiger charge is -2.07. The molecule has 1 unspecified atom stereocenters. The van der Waals surface area contributed by atoms with Crippen LogP contribution in [0.2, 0.25) is 0 Å². The molecule has 18 heavy (non-hydrogen) atoms. The van der Waals surface area contributed by atoms with Gasteiger partial charge in [-0.25, -0.2) is 8.42 Å². The minimum Gasteiger partial charge on any atom is -0.352 e. The third kappa shape index (κ3) is 3.56. The number of nitrogens with one attached hydrogen (secondary N) is 1. The number of carbonyl (C=O) groups is 1. The molecule has 0 aromatic carbocycles. The first-order valence-corrected chi connectivity index (χ1v) is 7.71. The SMILES string of the molecule is Cn1cc(CNC(=O)CC2CCS(=O)(=O)C2)cn1. The van der Waals surface area contributed by atoms with E-state index in [0.717, 1.165) is 5.56 Å². The fourth-order valence-electron chi connectivity index (χ4n) is 2.13. The standard InChI is InChI=1S/C11H17N3O3S/c1-14-7-10(6-13-14)5-12-11(15)4-9-2-3-18(16,17)8-9/h6-7,9H,2-5,8H2,1H3,(H,12,15). The molecule has 0 aliphatic carbocycles. The molecule has 2 rings (SSSR count). The van der Waals surface area contributed by atoms with Gasteiger partial charge in [-0.3, -0.25) is 9.48 Å². The van der Waals surface area contributed by atoms with Crippen LogP contribution >= 0.6 is 0 Å². The molecule has 1 fully saturated rings. The van der Waals surface area contributed by atoms with Crippen LogP contribution in [0, 0.1) is 5.92 Å². The maximum Gasteiger partial charge on any atom is 0.220 e. The van der Waals surface area contributed by atoms with Crippen molar-refractivity contribution in [3.63, 3.8) is 0 Å². The van der Waals surface area contributed by atoms with Gasteiger partial charge < -0.3 is 5.32 Å². The zero-order valence-corrected chi connectivity index (χ0v) is 11.1. The van der Waals surface area contributed by atoms with Crippen molar-refractivity contribution in [2.45, 2.75) is 19.4 Å². The highest BCUT2D eigenvalue weighted by Gasteiger charge is 2.29. The number of amides is 1. The van der Waals surface area contributed by atoms with Gasteiger partial charge in [-0.2, -0.15) is 5.10 Å². The van der Waals surface area contributed by atoms with Gasteiger partial charge in [0.25, 0.3) is 0 Å². The summed E-state index contributed by atoms with van der Waals surface area (Å²) in [6.45, 7) is 0.437. The second kappa shape index (κ2) is 5.09. The Morgan fingerprint density at radius 1 is 1.61 bits per heavy atom. The van der Waals surface area contributed by atoms with Crippen LogP contribution in [0.4, 0.5) is 0 Å². The van der Waals surface area contributed by atoms with E-state index in [1.807, 2.05) is 13.2 Å². The Bertz CT molecular complexity index is 535. The van der Waals surface area contributed by atoms with Crippen LogP contribution in [0.5, 0.6) is 0 Å². The Labute approximate surface area is 106 Å². The van der Waals surface area contributed by atoms with Gasteiger partial charge in [-0.05, 0) is 12.3 Å². The van der Waals surface area contributed by atoms with Gasteiger partial charge in [-0.1, -0.05) is 0 Å². The number of sulfone groups is 1. The van der Waals surface area contributed by atoms with Crippen LogP contribution in [0.25, 0.3) is 0 Å². The van der Waals surface area contributed by atoms with E-state index in [2.05, 4.69) is 10.4 Å². The zero-order valence-electron chi connectivity index (χ0n) is 10.3. The number of aryl methyl sites for hydroxylation is 1. The van der Waals surface area contributed by atoms with Crippen molar-refractivity contribution in [1.82, 2.24) is 15.1 Å². The molecule has 1 aromatic heterocycles. The molecule has 1 atom stereocenters. The van der Waals surface area contributed by atoms with Crippen LogP contribution in [-0.4, -0.2) is 35.6 Å². The molecule has 1 saturated heterocycles. The van der Waals surface area contributed by atoms with Crippen LogP contribution in [0.15, 0.2) is 12.4 Å². The van der Waals surface area contributed by atoms with Gasteiger partial charge in [-0.15, -0.1) is 0 Å². The first-order valence-electron chi connectivity index (χ1n) is 5.89. The van der Waals surface area contributed by atoms with Crippen LogP contribution in [0.1, 0.15) is 18.4 Å². The average Bonchev–Trinajstić information content (AvgIpc) is 2.82. The van der Waals surface area contributed by atoms with E-state index < -0.39 is 9.84 Å². The first-order chi connectivity index (χ1) is 8.44. The average molecular weight is 271 g/mol. The van der Waals surface area contributed by atoms with Crippen LogP contribution in [-0.2, 0) is 28.2 Å². The highest BCUT2D eigenvalue weighted by atomic mass is 32.2. The summed E-state index contributed by atoms with van der Waals surface area (Å²) in [6, 6.07) is 0. The molecule has 6 nitrogen and oxygen atoms in total. The number of aromatic nitrogens is 2. The number of hydrogen-bond donors (Lipinski definition) is 1. The van der Waals surface area contributed by atoms with Crippen molar-refractivity contribution in [2.75, 3.05) is 11.5 Å². The summed E-state index contributed by atoms with van der Waals surface area (Å²) in [6.07, 6.45) is 4.42. The molecule has 0 radical (unpaired) electrons. The van der Waals surface area contributed by atoms with Gasteiger partial charge in [0, 0.05) is 31.8 Å². The van der Waals surface area contributed by atoms with E-state index in [0.29, 0.717) is 19.4 Å². The second-order valence-electron chi connectivity index (χ2n) is 4.77. The van der Waals surface area contributed by atoms with Gasteiger partial charge in [0.15, 0.2) is 9.84 Å². The highest BCUT2D eigenvalue weighted by molar-refractivity contribution is 7.91. The summed E-state index contributed by atoms with van der Waals surface area (Å²) >= 11 is 0. The monoisotopic (exact) mass is 271 g/mol.